The van der Waals surface area contributed by atoms with Crippen LogP contribution in [0.4, 0.5) is 0 Å². The van der Waals surface area contributed by atoms with E-state index >= 15 is 0 Å². The zero-order chi connectivity index (χ0) is 14.5. The Morgan fingerprint density at radius 1 is 1.29 bits per heavy atom. The Hall–Kier alpha value is -1.69. The summed E-state index contributed by atoms with van der Waals surface area (Å²) < 4.78 is 11.1. The third kappa shape index (κ3) is 3.91. The largest absolute Gasteiger partial charge is 0.376 e. The van der Waals surface area contributed by atoms with Gasteiger partial charge in [0.1, 0.15) is 5.82 Å². The number of hydrogen-bond donors (Lipinski definition) is 1. The standard InChI is InChI=1S/C16H21N3O2/c1-19(11-15-12-20-7-8-21-15)10-14-9-17-16(18-14)13-5-3-2-4-6-13/h2-6,9,15H,7-8,10-12H2,1H3,(H,17,18)/t15-/m1/s1. The summed E-state index contributed by atoms with van der Waals surface area (Å²) in [6.07, 6.45) is 2.07. The van der Waals surface area contributed by atoms with Crippen molar-refractivity contribution in [2.24, 2.45) is 0 Å². The zero-order valence-corrected chi connectivity index (χ0v) is 12.3. The minimum absolute atomic E-state index is 0.167. The molecule has 3 rings (SSSR count). The average Bonchev–Trinajstić information content (AvgIpc) is 2.97. The molecule has 112 valence electrons. The van der Waals surface area contributed by atoms with Gasteiger partial charge in [0.05, 0.1) is 25.9 Å². The summed E-state index contributed by atoms with van der Waals surface area (Å²) in [4.78, 5) is 10.0. The second-order valence-corrected chi connectivity index (χ2v) is 5.39. The van der Waals surface area contributed by atoms with Gasteiger partial charge in [0, 0.05) is 30.5 Å². The first kappa shape index (κ1) is 14.3. The van der Waals surface area contributed by atoms with E-state index in [0.29, 0.717) is 19.8 Å². The molecular formula is C16H21N3O2. The second kappa shape index (κ2) is 6.85. The molecule has 1 atom stereocenters. The van der Waals surface area contributed by atoms with Crippen molar-refractivity contribution < 1.29 is 9.47 Å². The minimum atomic E-state index is 0.167. The zero-order valence-electron chi connectivity index (χ0n) is 12.3. The van der Waals surface area contributed by atoms with E-state index in [-0.39, 0.29) is 6.10 Å². The van der Waals surface area contributed by atoms with Crippen LogP contribution in [0.5, 0.6) is 0 Å². The number of H-pyrrole nitrogens is 1. The quantitative estimate of drug-likeness (QED) is 0.913. The number of hydrogen-bond acceptors (Lipinski definition) is 4. The maximum absolute atomic E-state index is 5.67. The Balaban J connectivity index is 1.56. The van der Waals surface area contributed by atoms with Gasteiger partial charge >= 0.3 is 0 Å². The molecule has 0 radical (unpaired) electrons. The van der Waals surface area contributed by atoms with Gasteiger partial charge < -0.3 is 14.5 Å². The summed E-state index contributed by atoms with van der Waals surface area (Å²) >= 11 is 0. The first-order valence-electron chi connectivity index (χ1n) is 7.28. The van der Waals surface area contributed by atoms with Gasteiger partial charge in [-0.2, -0.15) is 0 Å². The van der Waals surface area contributed by atoms with Gasteiger partial charge in [-0.25, -0.2) is 4.98 Å². The number of aromatic nitrogens is 2. The van der Waals surface area contributed by atoms with Crippen LogP contribution in [-0.4, -0.2) is 54.4 Å². The molecule has 5 nitrogen and oxygen atoms in total. The van der Waals surface area contributed by atoms with E-state index in [1.807, 2.05) is 24.4 Å². The molecule has 1 aliphatic rings. The molecule has 0 unspecified atom stereocenters. The molecule has 1 fully saturated rings. The lowest BCUT2D eigenvalue weighted by Crippen LogP contribution is -2.38. The van der Waals surface area contributed by atoms with Crippen LogP contribution in [0, 0.1) is 0 Å². The van der Waals surface area contributed by atoms with Crippen molar-refractivity contribution in [3.63, 3.8) is 0 Å². The molecule has 0 spiro atoms. The average molecular weight is 287 g/mol. The van der Waals surface area contributed by atoms with Crippen LogP contribution in [0.3, 0.4) is 0 Å². The van der Waals surface area contributed by atoms with Gasteiger partial charge in [0.2, 0.25) is 0 Å². The lowest BCUT2D eigenvalue weighted by atomic mass is 10.2. The summed E-state index contributed by atoms with van der Waals surface area (Å²) in [5.74, 6) is 0.913. The van der Waals surface area contributed by atoms with Gasteiger partial charge in [-0.1, -0.05) is 30.3 Å². The molecule has 0 bridgehead atoms. The van der Waals surface area contributed by atoms with E-state index in [4.69, 9.17) is 9.47 Å². The van der Waals surface area contributed by atoms with Crippen molar-refractivity contribution in [2.45, 2.75) is 12.6 Å². The Bertz CT molecular complexity index is 550. The first-order chi connectivity index (χ1) is 10.3. The number of aromatic amines is 1. The van der Waals surface area contributed by atoms with Crippen molar-refractivity contribution in [3.05, 3.63) is 42.2 Å². The molecule has 0 amide bonds. The molecule has 0 saturated carbocycles. The molecule has 1 N–H and O–H groups in total. The molecule has 1 aliphatic heterocycles. The van der Waals surface area contributed by atoms with Crippen molar-refractivity contribution in [2.75, 3.05) is 33.4 Å². The molecule has 21 heavy (non-hydrogen) atoms. The number of ether oxygens (including phenoxy) is 2. The van der Waals surface area contributed by atoms with Crippen LogP contribution in [0.25, 0.3) is 11.4 Å². The summed E-state index contributed by atoms with van der Waals surface area (Å²) in [6, 6.07) is 10.2. The van der Waals surface area contributed by atoms with Crippen molar-refractivity contribution in [1.29, 1.82) is 0 Å². The predicted octanol–water partition coefficient (Wildman–Crippen LogP) is 1.92. The predicted molar refractivity (Wildman–Crippen MR) is 80.9 cm³/mol. The van der Waals surface area contributed by atoms with Crippen molar-refractivity contribution in [1.82, 2.24) is 14.9 Å². The highest BCUT2D eigenvalue weighted by Gasteiger charge is 2.16. The van der Waals surface area contributed by atoms with Gasteiger partial charge in [-0.3, -0.25) is 4.90 Å². The Morgan fingerprint density at radius 2 is 2.14 bits per heavy atom. The molecule has 0 aliphatic carbocycles. The Morgan fingerprint density at radius 3 is 2.90 bits per heavy atom. The molecule has 1 aromatic carbocycles. The summed E-state index contributed by atoms with van der Waals surface area (Å²) in [5.41, 5.74) is 2.21. The monoisotopic (exact) mass is 287 g/mol. The fourth-order valence-corrected chi connectivity index (χ4v) is 2.53. The number of nitrogens with zero attached hydrogens (tertiary/aromatic N) is 2. The van der Waals surface area contributed by atoms with E-state index in [1.54, 1.807) is 0 Å². The number of imidazole rings is 1. The van der Waals surface area contributed by atoms with E-state index in [1.165, 1.54) is 0 Å². The normalized spacial score (nSPS) is 19.0. The van der Waals surface area contributed by atoms with Crippen LogP contribution in [0.15, 0.2) is 36.5 Å². The van der Waals surface area contributed by atoms with E-state index in [0.717, 1.165) is 30.2 Å². The van der Waals surface area contributed by atoms with Crippen LogP contribution in [0.1, 0.15) is 5.69 Å². The summed E-state index contributed by atoms with van der Waals surface area (Å²) in [5, 5.41) is 0. The molecule has 1 saturated heterocycles. The van der Waals surface area contributed by atoms with Crippen LogP contribution >= 0.6 is 0 Å². The van der Waals surface area contributed by atoms with Crippen LogP contribution in [-0.2, 0) is 16.0 Å². The Kier molecular flexibility index (Phi) is 4.65. The third-order valence-electron chi connectivity index (χ3n) is 3.52. The maximum Gasteiger partial charge on any atom is 0.137 e. The third-order valence-corrected chi connectivity index (χ3v) is 3.52. The molecule has 1 aromatic heterocycles. The molecule has 2 aromatic rings. The van der Waals surface area contributed by atoms with Crippen LogP contribution < -0.4 is 0 Å². The molecule has 5 heteroatoms. The topological polar surface area (TPSA) is 50.4 Å². The second-order valence-electron chi connectivity index (χ2n) is 5.39. The summed E-state index contributed by atoms with van der Waals surface area (Å²) in [7, 11) is 2.08. The minimum Gasteiger partial charge on any atom is -0.376 e. The van der Waals surface area contributed by atoms with Crippen molar-refractivity contribution in [3.8, 4) is 11.4 Å². The number of likely N-dealkylation sites (N-methyl/N-ethyl adjacent to an activating group) is 1. The maximum atomic E-state index is 5.67. The Labute approximate surface area is 124 Å². The highest BCUT2D eigenvalue weighted by Crippen LogP contribution is 2.15. The number of benzene rings is 1. The van der Waals surface area contributed by atoms with E-state index in [9.17, 15) is 0 Å². The lowest BCUT2D eigenvalue weighted by Gasteiger charge is -2.27. The fourth-order valence-electron chi connectivity index (χ4n) is 2.53. The van der Waals surface area contributed by atoms with Gasteiger partial charge in [0.25, 0.3) is 0 Å². The van der Waals surface area contributed by atoms with Crippen molar-refractivity contribution >= 4 is 0 Å². The smallest absolute Gasteiger partial charge is 0.137 e. The summed E-state index contributed by atoms with van der Waals surface area (Å²) in [6.45, 7) is 3.77. The fraction of sp³-hybridized carbons (Fsp3) is 0.438. The molecular weight excluding hydrogens is 266 g/mol. The highest BCUT2D eigenvalue weighted by molar-refractivity contribution is 5.54. The SMILES string of the molecule is CN(Cc1cnc(-c2ccccc2)[nH]1)C[C@@H]1COCCO1. The van der Waals surface area contributed by atoms with Gasteiger partial charge in [-0.15, -0.1) is 0 Å². The highest BCUT2D eigenvalue weighted by atomic mass is 16.6. The molecule has 2 heterocycles. The number of rotatable bonds is 5. The first-order valence-corrected chi connectivity index (χ1v) is 7.28. The van der Waals surface area contributed by atoms with E-state index < -0.39 is 0 Å². The van der Waals surface area contributed by atoms with E-state index in [2.05, 4.69) is 34.0 Å². The number of nitrogens with one attached hydrogen (secondary N) is 1. The van der Waals surface area contributed by atoms with Gasteiger partial charge in [-0.05, 0) is 7.05 Å². The lowest BCUT2D eigenvalue weighted by molar-refractivity contribution is -0.0963. The van der Waals surface area contributed by atoms with Crippen LogP contribution in [0.2, 0.25) is 0 Å². The van der Waals surface area contributed by atoms with Gasteiger partial charge in [0.15, 0.2) is 0 Å².